The zero-order chi connectivity index (χ0) is 20.8. The summed E-state index contributed by atoms with van der Waals surface area (Å²) in [6.07, 6.45) is 10.6. The average molecular weight is 379 g/mol. The van der Waals surface area contributed by atoms with E-state index in [2.05, 4.69) is 22.5 Å². The van der Waals surface area contributed by atoms with E-state index in [1.165, 1.54) is 18.2 Å². The van der Waals surface area contributed by atoms with Crippen molar-refractivity contribution in [1.82, 2.24) is 0 Å². The van der Waals surface area contributed by atoms with Crippen molar-refractivity contribution < 1.29 is 9.59 Å². The van der Waals surface area contributed by atoms with E-state index in [0.717, 1.165) is 5.56 Å². The third-order valence-corrected chi connectivity index (χ3v) is 4.18. The van der Waals surface area contributed by atoms with Gasteiger partial charge in [0.15, 0.2) is 0 Å². The van der Waals surface area contributed by atoms with Gasteiger partial charge in [-0.25, -0.2) is 0 Å². The van der Waals surface area contributed by atoms with Crippen molar-refractivity contribution in [2.75, 3.05) is 16.4 Å². The number of benzene rings is 3. The zero-order valence-electron chi connectivity index (χ0n) is 15.4. The lowest BCUT2D eigenvalue weighted by Gasteiger charge is -2.10. The molecule has 0 radical (unpaired) electrons. The van der Waals surface area contributed by atoms with Crippen LogP contribution in [-0.4, -0.2) is 11.8 Å². The highest BCUT2D eigenvalue weighted by Gasteiger charge is 2.14. The molecule has 0 aromatic heterocycles. The summed E-state index contributed by atoms with van der Waals surface area (Å²) >= 11 is 0. The van der Waals surface area contributed by atoms with Crippen LogP contribution in [0.25, 0.3) is 0 Å². The summed E-state index contributed by atoms with van der Waals surface area (Å²) in [5.41, 5.74) is 9.41. The Labute approximate surface area is 168 Å². The minimum atomic E-state index is -0.382. The van der Waals surface area contributed by atoms with Gasteiger partial charge in [-0.2, -0.15) is 0 Å². The summed E-state index contributed by atoms with van der Waals surface area (Å²) < 4.78 is 0. The Morgan fingerprint density at radius 1 is 0.724 bits per heavy atom. The number of nitrogens with two attached hydrogens (primary N) is 1. The number of carbonyl (C=O) groups is 2. The molecule has 0 bridgehead atoms. The third-order valence-electron chi connectivity index (χ3n) is 4.18. The third kappa shape index (κ3) is 4.63. The van der Waals surface area contributed by atoms with Gasteiger partial charge in [0, 0.05) is 33.8 Å². The number of hydrogen-bond acceptors (Lipinski definition) is 3. The first-order valence-corrected chi connectivity index (χ1v) is 8.66. The van der Waals surface area contributed by atoms with Crippen molar-refractivity contribution in [3.8, 4) is 24.7 Å². The highest BCUT2D eigenvalue weighted by atomic mass is 16.2. The van der Waals surface area contributed by atoms with Gasteiger partial charge >= 0.3 is 0 Å². The van der Waals surface area contributed by atoms with Crippen LogP contribution < -0.4 is 16.4 Å². The first-order chi connectivity index (χ1) is 14.0. The fourth-order valence-electron chi connectivity index (χ4n) is 2.61. The van der Waals surface area contributed by atoms with Gasteiger partial charge in [0.05, 0.1) is 5.56 Å². The molecule has 0 spiro atoms. The standard InChI is InChI=1S/C24H17N3O2/c1-3-16-5-10-19(11-6-16)26-23(28)18-9-14-21(22(25)15-18)24(29)27-20-12-7-17(4-2)8-13-20/h1-2,5-15H,25H2,(H,26,28)(H,27,29). The molecule has 3 aromatic carbocycles. The molecule has 0 aliphatic rings. The second-order valence-electron chi connectivity index (χ2n) is 6.15. The van der Waals surface area contributed by atoms with E-state index in [-0.39, 0.29) is 23.1 Å². The second-order valence-corrected chi connectivity index (χ2v) is 6.15. The lowest BCUT2D eigenvalue weighted by atomic mass is 10.1. The molecule has 29 heavy (non-hydrogen) atoms. The minimum absolute atomic E-state index is 0.193. The zero-order valence-corrected chi connectivity index (χ0v) is 15.4. The van der Waals surface area contributed by atoms with Gasteiger partial charge in [-0.1, -0.05) is 11.8 Å². The molecular formula is C24H17N3O2. The molecule has 140 valence electrons. The van der Waals surface area contributed by atoms with Crippen LogP contribution in [0.3, 0.4) is 0 Å². The topological polar surface area (TPSA) is 84.2 Å². The monoisotopic (exact) mass is 379 g/mol. The van der Waals surface area contributed by atoms with Crippen molar-refractivity contribution in [3.05, 3.63) is 89.0 Å². The number of hydrogen-bond donors (Lipinski definition) is 3. The van der Waals surface area contributed by atoms with E-state index in [9.17, 15) is 9.59 Å². The normalized spacial score (nSPS) is 9.72. The number of nitrogen functional groups attached to an aromatic ring is 1. The fraction of sp³-hybridized carbons (Fsp3) is 0. The molecule has 0 heterocycles. The lowest BCUT2D eigenvalue weighted by Crippen LogP contribution is -2.16. The van der Waals surface area contributed by atoms with Crippen LogP contribution >= 0.6 is 0 Å². The Balaban J connectivity index is 1.71. The summed E-state index contributed by atoms with van der Waals surface area (Å²) in [7, 11) is 0. The molecule has 0 unspecified atom stereocenters. The summed E-state index contributed by atoms with van der Waals surface area (Å²) in [4.78, 5) is 24.9. The quantitative estimate of drug-likeness (QED) is 0.477. The van der Waals surface area contributed by atoms with Crippen LogP contribution in [0.15, 0.2) is 66.7 Å². The summed E-state index contributed by atoms with van der Waals surface area (Å²) in [5.74, 6) is 4.29. The Morgan fingerprint density at radius 2 is 1.21 bits per heavy atom. The van der Waals surface area contributed by atoms with Gasteiger partial charge in [0.1, 0.15) is 0 Å². The van der Waals surface area contributed by atoms with Gasteiger partial charge in [-0.3, -0.25) is 9.59 Å². The van der Waals surface area contributed by atoms with Crippen LogP contribution in [0, 0.1) is 24.7 Å². The van der Waals surface area contributed by atoms with Gasteiger partial charge in [0.25, 0.3) is 11.8 Å². The largest absolute Gasteiger partial charge is 0.398 e. The highest BCUT2D eigenvalue weighted by Crippen LogP contribution is 2.19. The molecule has 3 rings (SSSR count). The predicted octanol–water partition coefficient (Wildman–Crippen LogP) is 3.74. The number of nitrogens with one attached hydrogen (secondary N) is 2. The molecule has 0 saturated carbocycles. The molecule has 5 nitrogen and oxygen atoms in total. The Hall–Kier alpha value is -4.48. The number of amides is 2. The van der Waals surface area contributed by atoms with Crippen LogP contribution in [0.5, 0.6) is 0 Å². The Morgan fingerprint density at radius 3 is 1.66 bits per heavy atom. The molecule has 0 aliphatic heterocycles. The number of carbonyl (C=O) groups excluding carboxylic acids is 2. The van der Waals surface area contributed by atoms with E-state index < -0.39 is 0 Å². The fourth-order valence-corrected chi connectivity index (χ4v) is 2.61. The van der Waals surface area contributed by atoms with E-state index >= 15 is 0 Å². The van der Waals surface area contributed by atoms with Crippen molar-refractivity contribution in [2.24, 2.45) is 0 Å². The molecule has 3 aromatic rings. The van der Waals surface area contributed by atoms with Gasteiger partial charge in [-0.05, 0) is 66.7 Å². The van der Waals surface area contributed by atoms with Crippen molar-refractivity contribution in [3.63, 3.8) is 0 Å². The maximum absolute atomic E-state index is 12.5. The van der Waals surface area contributed by atoms with E-state index in [4.69, 9.17) is 18.6 Å². The molecule has 2 amide bonds. The first-order valence-electron chi connectivity index (χ1n) is 8.66. The molecule has 0 fully saturated rings. The highest BCUT2D eigenvalue weighted by molar-refractivity contribution is 6.10. The molecule has 0 atom stereocenters. The Bertz CT molecular complexity index is 1150. The maximum Gasteiger partial charge on any atom is 0.257 e. The van der Waals surface area contributed by atoms with Crippen molar-refractivity contribution in [1.29, 1.82) is 0 Å². The molecule has 4 N–H and O–H groups in total. The van der Waals surface area contributed by atoms with Crippen LogP contribution in [-0.2, 0) is 0 Å². The second kappa shape index (κ2) is 8.47. The van der Waals surface area contributed by atoms with Crippen LogP contribution in [0.4, 0.5) is 17.1 Å². The van der Waals surface area contributed by atoms with E-state index in [1.807, 2.05) is 0 Å². The van der Waals surface area contributed by atoms with E-state index in [0.29, 0.717) is 22.5 Å². The summed E-state index contributed by atoms with van der Waals surface area (Å²) in [5, 5.41) is 5.50. The first kappa shape index (κ1) is 19.3. The molecule has 5 heteroatoms. The Kier molecular flexibility index (Phi) is 5.64. The minimum Gasteiger partial charge on any atom is -0.398 e. The SMILES string of the molecule is C#Cc1ccc(NC(=O)c2ccc(C(=O)Nc3ccc(C#C)cc3)c(N)c2)cc1. The average Bonchev–Trinajstić information content (AvgIpc) is 2.74. The van der Waals surface area contributed by atoms with Gasteiger partial charge in [-0.15, -0.1) is 12.8 Å². The maximum atomic E-state index is 12.5. The lowest BCUT2D eigenvalue weighted by molar-refractivity contribution is 0.101. The molecule has 0 saturated heterocycles. The number of rotatable bonds is 4. The van der Waals surface area contributed by atoms with Crippen LogP contribution in [0.2, 0.25) is 0 Å². The number of terminal acetylenes is 2. The molecule has 0 aliphatic carbocycles. The van der Waals surface area contributed by atoms with Gasteiger partial charge in [0.2, 0.25) is 0 Å². The van der Waals surface area contributed by atoms with Gasteiger partial charge < -0.3 is 16.4 Å². The van der Waals surface area contributed by atoms with Crippen molar-refractivity contribution in [2.45, 2.75) is 0 Å². The molecular weight excluding hydrogens is 362 g/mol. The smallest absolute Gasteiger partial charge is 0.257 e. The van der Waals surface area contributed by atoms with Crippen molar-refractivity contribution >= 4 is 28.9 Å². The summed E-state index contributed by atoms with van der Waals surface area (Å²) in [6.45, 7) is 0. The van der Waals surface area contributed by atoms with E-state index in [1.54, 1.807) is 48.5 Å². The van der Waals surface area contributed by atoms with Crippen LogP contribution in [0.1, 0.15) is 31.8 Å². The predicted molar refractivity (Wildman–Crippen MR) is 116 cm³/mol. The number of anilines is 3. The summed E-state index contributed by atoms with van der Waals surface area (Å²) in [6, 6.07) is 18.3.